The van der Waals surface area contributed by atoms with Crippen LogP contribution in [0.3, 0.4) is 0 Å². The van der Waals surface area contributed by atoms with E-state index in [1.165, 1.54) is 6.20 Å². The zero-order chi connectivity index (χ0) is 25.0. The van der Waals surface area contributed by atoms with Crippen LogP contribution in [-0.4, -0.2) is 51.0 Å². The summed E-state index contributed by atoms with van der Waals surface area (Å²) in [4.78, 5) is 27.5. The molecule has 0 spiro atoms. The third-order valence-electron chi connectivity index (χ3n) is 4.61. The normalized spacial score (nSPS) is 11.8. The minimum absolute atomic E-state index is 0. The second-order valence-corrected chi connectivity index (χ2v) is 7.15. The summed E-state index contributed by atoms with van der Waals surface area (Å²) < 4.78 is 39.4. The summed E-state index contributed by atoms with van der Waals surface area (Å²) in [5.41, 5.74) is -0.117. The fraction of sp³-hybridized carbons (Fsp3) is 0.300. The van der Waals surface area contributed by atoms with Gasteiger partial charge >= 0.3 is 39.9 Å². The molecule has 1 aliphatic heterocycles. The van der Waals surface area contributed by atoms with Gasteiger partial charge in [0.15, 0.2) is 0 Å². The van der Waals surface area contributed by atoms with Gasteiger partial charge in [-0.05, 0) is 19.1 Å². The number of fused-ring (bicyclic) bond motifs is 1. The van der Waals surface area contributed by atoms with Crippen molar-refractivity contribution in [2.24, 2.45) is 0 Å². The molecule has 0 amide bonds. The molecule has 1 aliphatic rings. The molecule has 1 saturated heterocycles. The van der Waals surface area contributed by atoms with Crippen molar-refractivity contribution in [3.8, 4) is 0 Å². The van der Waals surface area contributed by atoms with Crippen LogP contribution >= 0.6 is 24.8 Å². The Labute approximate surface area is 213 Å². The third kappa shape index (κ3) is 7.92. The summed E-state index contributed by atoms with van der Waals surface area (Å²) in [5, 5.41) is 9.28. The molecular formula is C20H18FN3O6S2Tc. The average Bonchev–Trinajstić information content (AvgIpc) is 2.83. The Hall–Kier alpha value is -2.26. The van der Waals surface area contributed by atoms with E-state index < -0.39 is 17.2 Å². The number of aromatic nitrogens is 1. The number of hydrogen-bond donors (Lipinski definition) is 2. The van der Waals surface area contributed by atoms with Gasteiger partial charge in [0.2, 0.25) is 5.43 Å². The van der Waals surface area contributed by atoms with Gasteiger partial charge in [0.1, 0.15) is 15.7 Å². The Morgan fingerprint density at radius 1 is 1.15 bits per heavy atom. The number of thiol groups is 1. The summed E-state index contributed by atoms with van der Waals surface area (Å²) in [6, 6.07) is 2.76. The molecule has 3 rings (SSSR count). The molecular weight excluding hydrogens is 560 g/mol. The molecule has 1 aromatic carbocycles. The van der Waals surface area contributed by atoms with Crippen LogP contribution in [0.4, 0.5) is 10.1 Å². The number of benzene rings is 1. The number of pyridine rings is 1. The SMILES string of the molecule is CCn1cc(C(=O)O)c(=O)c2cc(F)c(N3CCN(C(=S)S)CC3)cc21.[99Tc].[C-]#[O+].[C-]#[O+].[C-]#[O+]. The standard InChI is InChI=1S/C17H18FN3O3S2.3CO.Tc/c1-2-19-9-11(16(23)24)15(22)10-7-12(18)14(8-13(10)19)20-3-5-21(6-4-20)17(25)26;3*1-2;/h7-9H,2-6H2,1H3,(H,23,24)(H,25,26);;;;/i;;;;1+1. The van der Waals surface area contributed by atoms with Gasteiger partial charge in [0, 0.05) is 64.4 Å². The Bertz CT molecular complexity index is 1080. The zero-order valence-corrected chi connectivity index (χ0v) is 20.8. The van der Waals surface area contributed by atoms with Gasteiger partial charge < -0.3 is 19.5 Å². The van der Waals surface area contributed by atoms with Crippen molar-refractivity contribution in [3.63, 3.8) is 0 Å². The Morgan fingerprint density at radius 2 is 1.67 bits per heavy atom. The van der Waals surface area contributed by atoms with Crippen molar-refractivity contribution >= 4 is 51.7 Å². The molecule has 0 bridgehead atoms. The number of carboxylic acids is 1. The maximum atomic E-state index is 14.7. The van der Waals surface area contributed by atoms with Crippen LogP contribution in [0.15, 0.2) is 23.1 Å². The van der Waals surface area contributed by atoms with E-state index in [1.54, 1.807) is 10.6 Å². The molecule has 33 heavy (non-hydrogen) atoms. The Morgan fingerprint density at radius 3 is 2.09 bits per heavy atom. The number of carbonyl (C=O) groups is 1. The van der Waals surface area contributed by atoms with Crippen LogP contribution < -0.4 is 10.3 Å². The van der Waals surface area contributed by atoms with Crippen LogP contribution in [0, 0.1) is 25.8 Å². The molecule has 2 aromatic rings. The second-order valence-electron chi connectivity index (χ2n) is 6.04. The number of anilines is 1. The topological polar surface area (TPSA) is 125 Å². The van der Waals surface area contributed by atoms with Gasteiger partial charge in [-0.25, -0.2) is 9.18 Å². The Balaban J connectivity index is 0. The van der Waals surface area contributed by atoms with E-state index >= 15 is 0 Å². The molecule has 1 radical (unpaired) electrons. The van der Waals surface area contributed by atoms with Crippen LogP contribution in [0.2, 0.25) is 0 Å². The number of carboxylic acid groups (broad SMARTS) is 1. The van der Waals surface area contributed by atoms with Gasteiger partial charge in [-0.15, -0.1) is 12.6 Å². The molecule has 9 nitrogen and oxygen atoms in total. The number of halogens is 1. The molecule has 1 aromatic heterocycles. The van der Waals surface area contributed by atoms with E-state index in [0.29, 0.717) is 48.2 Å². The van der Waals surface area contributed by atoms with Crippen LogP contribution in [-0.2, 0) is 40.6 Å². The first-order valence-electron chi connectivity index (χ1n) is 8.77. The molecule has 13 heteroatoms. The van der Waals surface area contributed by atoms with Crippen molar-refractivity contribution in [2.45, 2.75) is 13.5 Å². The van der Waals surface area contributed by atoms with E-state index in [2.05, 4.69) is 32.6 Å². The molecule has 0 unspecified atom stereocenters. The molecule has 1 fully saturated rings. The minimum atomic E-state index is -1.32. The van der Waals surface area contributed by atoms with E-state index in [9.17, 15) is 19.1 Å². The number of aromatic carboxylic acids is 1. The molecule has 1 N–H and O–H groups in total. The quantitative estimate of drug-likeness (QED) is 0.249. The van der Waals surface area contributed by atoms with E-state index in [0.717, 1.165) is 6.07 Å². The van der Waals surface area contributed by atoms with Gasteiger partial charge in [-0.3, -0.25) is 4.79 Å². The first-order valence-corrected chi connectivity index (χ1v) is 9.63. The third-order valence-corrected chi connectivity index (χ3v) is 5.15. The van der Waals surface area contributed by atoms with Gasteiger partial charge in [-0.1, -0.05) is 12.2 Å². The molecule has 0 atom stereocenters. The summed E-state index contributed by atoms with van der Waals surface area (Å²) in [6.07, 6.45) is 1.31. The van der Waals surface area contributed by atoms with Crippen molar-refractivity contribution in [2.75, 3.05) is 31.1 Å². The number of rotatable bonds is 3. The number of thiocarbonyl (C=S) groups is 1. The van der Waals surface area contributed by atoms with Crippen molar-refractivity contribution in [1.29, 1.82) is 0 Å². The molecule has 175 valence electrons. The number of hydrogen-bond acceptors (Lipinski definition) is 4. The molecule has 2 heterocycles. The van der Waals surface area contributed by atoms with Gasteiger partial charge in [0.25, 0.3) is 0 Å². The van der Waals surface area contributed by atoms with Crippen molar-refractivity contribution in [3.05, 3.63) is 59.9 Å². The number of nitrogens with zero attached hydrogens (tertiary/aromatic N) is 3. The van der Waals surface area contributed by atoms with E-state index in [-0.39, 0.29) is 31.1 Å². The van der Waals surface area contributed by atoms with Crippen LogP contribution in [0.5, 0.6) is 0 Å². The van der Waals surface area contributed by atoms with E-state index in [1.807, 2.05) is 16.7 Å². The first-order chi connectivity index (χ1) is 15.3. The van der Waals surface area contributed by atoms with Crippen molar-refractivity contribution in [1.82, 2.24) is 9.47 Å². The average molecular weight is 578 g/mol. The predicted molar refractivity (Wildman–Crippen MR) is 118 cm³/mol. The number of piperazine rings is 1. The first kappa shape index (κ1) is 32.9. The molecule has 0 saturated carbocycles. The summed E-state index contributed by atoms with van der Waals surface area (Å²) in [6.45, 7) is 18.2. The Kier molecular flexibility index (Phi) is 16.3. The monoisotopic (exact) mass is 578 g/mol. The summed E-state index contributed by atoms with van der Waals surface area (Å²) in [5.74, 6) is -1.86. The summed E-state index contributed by atoms with van der Waals surface area (Å²) >= 11 is 9.22. The van der Waals surface area contributed by atoms with Gasteiger partial charge in [0.05, 0.1) is 11.2 Å². The van der Waals surface area contributed by atoms with Crippen LogP contribution in [0.1, 0.15) is 17.3 Å². The predicted octanol–water partition coefficient (Wildman–Crippen LogP) is 2.08. The number of aryl methyl sites for hydroxylation is 1. The second kappa shape index (κ2) is 16.4. The van der Waals surface area contributed by atoms with Crippen molar-refractivity contribution < 1.29 is 48.4 Å². The maximum absolute atomic E-state index is 14.7. The van der Waals surface area contributed by atoms with Gasteiger partial charge in [-0.2, -0.15) is 0 Å². The van der Waals surface area contributed by atoms with Crippen LogP contribution in [0.25, 0.3) is 10.9 Å². The fourth-order valence-corrected chi connectivity index (χ4v) is 3.58. The zero-order valence-electron chi connectivity index (χ0n) is 17.2. The molecule has 0 aliphatic carbocycles. The fourth-order valence-electron chi connectivity index (χ4n) is 3.19. The van der Waals surface area contributed by atoms with E-state index in [4.69, 9.17) is 26.2 Å². The summed E-state index contributed by atoms with van der Waals surface area (Å²) in [7, 11) is 0.